The molecular weight excluding hydrogens is 218 g/mol. The molecule has 0 aliphatic carbocycles. The molecule has 0 saturated heterocycles. The number of benzene rings is 1. The number of amides is 1. The molecule has 1 aromatic rings. The van der Waals surface area contributed by atoms with Crippen LogP contribution in [-0.2, 0) is 16.0 Å². The Morgan fingerprint density at radius 1 is 1.41 bits per heavy atom. The van der Waals surface area contributed by atoms with E-state index in [1.54, 1.807) is 6.92 Å². The van der Waals surface area contributed by atoms with Gasteiger partial charge >= 0.3 is 12.4 Å². The van der Waals surface area contributed by atoms with Gasteiger partial charge < -0.3 is 10.4 Å². The molecule has 0 aliphatic heterocycles. The first kappa shape index (κ1) is 13.2. The van der Waals surface area contributed by atoms with Gasteiger partial charge in [0.25, 0.3) is 0 Å². The molecule has 0 saturated carbocycles. The second-order valence-electron chi connectivity index (χ2n) is 3.95. The summed E-state index contributed by atoms with van der Waals surface area (Å²) in [5.74, 6) is -1.01. The zero-order chi connectivity index (χ0) is 12.7. The molecule has 0 fully saturated rings. The number of carbonyl (C=O) groups excluding carboxylic acids is 1. The van der Waals surface area contributed by atoms with Crippen LogP contribution in [0.2, 0.25) is 0 Å². The molecule has 2 N–H and O–H groups in total. The molecule has 4 heteroatoms. The number of aryl methyl sites for hydroxylation is 1. The van der Waals surface area contributed by atoms with Crippen molar-refractivity contribution in [2.24, 2.45) is 0 Å². The number of nitrogens with one attached hydrogen (secondary N) is 1. The zero-order valence-electron chi connectivity index (χ0n) is 9.77. The fraction of sp³-hybridized carbons (Fsp3) is 0.385. The maximum Gasteiger partial charge on any atom is 0.329 e. The van der Waals surface area contributed by atoms with E-state index in [1.165, 1.54) is 6.41 Å². The summed E-state index contributed by atoms with van der Waals surface area (Å²) in [5, 5.41) is 11.5. The number of hydrogen-bond acceptors (Lipinski definition) is 2. The van der Waals surface area contributed by atoms with E-state index in [1.807, 2.05) is 30.3 Å². The number of carboxylic acids is 1. The Balaban J connectivity index is 2.73. The fourth-order valence-corrected chi connectivity index (χ4v) is 1.74. The summed E-state index contributed by atoms with van der Waals surface area (Å²) in [7, 11) is 0. The van der Waals surface area contributed by atoms with Crippen LogP contribution in [0.15, 0.2) is 30.3 Å². The number of hydrogen-bond donors (Lipinski definition) is 2. The van der Waals surface area contributed by atoms with E-state index in [0.717, 1.165) is 5.56 Å². The van der Waals surface area contributed by atoms with Crippen molar-refractivity contribution in [3.8, 4) is 0 Å². The van der Waals surface area contributed by atoms with Gasteiger partial charge in [0.05, 0.1) is 0 Å². The summed E-state index contributed by atoms with van der Waals surface area (Å²) in [6.07, 6.45) is 2.80. The normalized spacial score (nSPS) is 13.7. The van der Waals surface area contributed by atoms with Crippen LogP contribution in [0.25, 0.3) is 0 Å². The molecule has 1 amide bonds. The lowest BCUT2D eigenvalue weighted by Crippen LogP contribution is -2.51. The molecule has 91 valence electrons. The SMILES string of the molecule is CCC(CCc1ccccc1)(N[C]=O)C(=O)O. The zero-order valence-corrected chi connectivity index (χ0v) is 9.77. The summed E-state index contributed by atoms with van der Waals surface area (Å²) < 4.78 is 0. The Hall–Kier alpha value is -1.84. The Bertz CT molecular complexity index is 378. The lowest BCUT2D eigenvalue weighted by Gasteiger charge is -2.26. The Morgan fingerprint density at radius 2 is 2.06 bits per heavy atom. The van der Waals surface area contributed by atoms with Crippen LogP contribution in [0, 0.1) is 0 Å². The van der Waals surface area contributed by atoms with Gasteiger partial charge in [0, 0.05) is 0 Å². The largest absolute Gasteiger partial charge is 0.480 e. The Morgan fingerprint density at radius 3 is 2.53 bits per heavy atom. The lowest BCUT2D eigenvalue weighted by atomic mass is 9.89. The van der Waals surface area contributed by atoms with Crippen molar-refractivity contribution in [1.29, 1.82) is 0 Å². The van der Waals surface area contributed by atoms with Crippen LogP contribution in [0.4, 0.5) is 0 Å². The third-order valence-electron chi connectivity index (χ3n) is 2.99. The lowest BCUT2D eigenvalue weighted by molar-refractivity contribution is -0.144. The highest BCUT2D eigenvalue weighted by Crippen LogP contribution is 2.18. The summed E-state index contributed by atoms with van der Waals surface area (Å²) in [6, 6.07) is 9.59. The van der Waals surface area contributed by atoms with E-state index in [0.29, 0.717) is 19.3 Å². The van der Waals surface area contributed by atoms with Crippen molar-refractivity contribution in [3.05, 3.63) is 35.9 Å². The first-order chi connectivity index (χ1) is 8.14. The maximum atomic E-state index is 11.2. The molecule has 1 aromatic carbocycles. The minimum Gasteiger partial charge on any atom is -0.480 e. The van der Waals surface area contributed by atoms with Gasteiger partial charge in [0.15, 0.2) is 0 Å². The summed E-state index contributed by atoms with van der Waals surface area (Å²) >= 11 is 0. The highest BCUT2D eigenvalue weighted by atomic mass is 16.4. The van der Waals surface area contributed by atoms with Crippen molar-refractivity contribution in [1.82, 2.24) is 5.32 Å². The van der Waals surface area contributed by atoms with Crippen molar-refractivity contribution in [2.75, 3.05) is 0 Å². The first-order valence-electron chi connectivity index (χ1n) is 5.56. The minimum absolute atomic E-state index is 0.338. The van der Waals surface area contributed by atoms with Crippen LogP contribution in [0.1, 0.15) is 25.3 Å². The van der Waals surface area contributed by atoms with Crippen molar-refractivity contribution in [2.45, 2.75) is 31.7 Å². The molecule has 0 spiro atoms. The molecule has 1 rings (SSSR count). The molecule has 0 heterocycles. The average molecular weight is 234 g/mol. The number of rotatable bonds is 7. The quantitative estimate of drug-likeness (QED) is 0.703. The van der Waals surface area contributed by atoms with Crippen LogP contribution >= 0.6 is 0 Å². The standard InChI is InChI=1S/C13H16NO3/c1-2-13(12(16)17,14-10-15)9-8-11-6-4-3-5-7-11/h3-7H,2,8-9H2,1H3,(H,14,15)(H,16,17). The van der Waals surface area contributed by atoms with E-state index < -0.39 is 11.5 Å². The Labute approximate surface area is 101 Å². The third kappa shape index (κ3) is 3.31. The van der Waals surface area contributed by atoms with E-state index in [2.05, 4.69) is 5.32 Å². The second-order valence-corrected chi connectivity index (χ2v) is 3.95. The molecule has 0 aromatic heterocycles. The second kappa shape index (κ2) is 6.03. The third-order valence-corrected chi connectivity index (χ3v) is 2.99. The van der Waals surface area contributed by atoms with Crippen LogP contribution in [0.5, 0.6) is 0 Å². The van der Waals surface area contributed by atoms with E-state index in [9.17, 15) is 14.7 Å². The smallest absolute Gasteiger partial charge is 0.329 e. The molecule has 1 unspecified atom stereocenters. The van der Waals surface area contributed by atoms with Gasteiger partial charge in [-0.3, -0.25) is 4.79 Å². The van der Waals surface area contributed by atoms with E-state index in [4.69, 9.17) is 0 Å². The molecule has 1 atom stereocenters. The van der Waals surface area contributed by atoms with Gasteiger partial charge in [-0.25, -0.2) is 4.79 Å². The average Bonchev–Trinajstić information content (AvgIpc) is 2.35. The van der Waals surface area contributed by atoms with Crippen molar-refractivity contribution in [3.63, 3.8) is 0 Å². The minimum atomic E-state index is -1.21. The molecule has 4 nitrogen and oxygen atoms in total. The summed E-state index contributed by atoms with van der Waals surface area (Å²) in [6.45, 7) is 1.74. The molecule has 0 aliphatic rings. The van der Waals surface area contributed by atoms with Crippen LogP contribution in [-0.4, -0.2) is 23.0 Å². The number of aliphatic carboxylic acids is 1. The van der Waals surface area contributed by atoms with Crippen molar-refractivity contribution < 1.29 is 14.7 Å². The van der Waals surface area contributed by atoms with E-state index >= 15 is 0 Å². The van der Waals surface area contributed by atoms with Gasteiger partial charge in [-0.05, 0) is 24.8 Å². The van der Waals surface area contributed by atoms with Gasteiger partial charge in [-0.2, -0.15) is 0 Å². The van der Waals surface area contributed by atoms with Gasteiger partial charge in [0.1, 0.15) is 5.54 Å². The molecule has 0 bridgehead atoms. The fourth-order valence-electron chi connectivity index (χ4n) is 1.74. The molecule has 17 heavy (non-hydrogen) atoms. The van der Waals surface area contributed by atoms with Gasteiger partial charge in [-0.1, -0.05) is 37.3 Å². The first-order valence-corrected chi connectivity index (χ1v) is 5.56. The van der Waals surface area contributed by atoms with Crippen LogP contribution in [0.3, 0.4) is 0 Å². The van der Waals surface area contributed by atoms with Gasteiger partial charge in [-0.15, -0.1) is 0 Å². The topological polar surface area (TPSA) is 66.4 Å². The number of carboxylic acid groups (broad SMARTS) is 1. The Kier molecular flexibility index (Phi) is 4.69. The summed E-state index contributed by atoms with van der Waals surface area (Å²) in [5.41, 5.74) is -0.156. The van der Waals surface area contributed by atoms with Gasteiger partial charge in [0.2, 0.25) is 0 Å². The van der Waals surface area contributed by atoms with Crippen molar-refractivity contribution >= 4 is 12.4 Å². The molecule has 1 radical (unpaired) electrons. The number of carbonyl (C=O) groups is 1. The maximum absolute atomic E-state index is 11.2. The predicted molar refractivity (Wildman–Crippen MR) is 64.3 cm³/mol. The monoisotopic (exact) mass is 234 g/mol. The predicted octanol–water partition coefficient (Wildman–Crippen LogP) is 1.51. The van der Waals surface area contributed by atoms with E-state index in [-0.39, 0.29) is 0 Å². The highest BCUT2D eigenvalue weighted by Gasteiger charge is 2.35. The summed E-state index contributed by atoms with van der Waals surface area (Å²) in [4.78, 5) is 21.6. The van der Waals surface area contributed by atoms with Crippen LogP contribution < -0.4 is 5.32 Å². The molecular formula is C13H16NO3. The highest BCUT2D eigenvalue weighted by molar-refractivity contribution is 5.81.